The fourth-order valence-corrected chi connectivity index (χ4v) is 5.30. The summed E-state index contributed by atoms with van der Waals surface area (Å²) in [6.45, 7) is 2.29. The van der Waals surface area contributed by atoms with Crippen molar-refractivity contribution in [1.82, 2.24) is 10.1 Å². The van der Waals surface area contributed by atoms with E-state index in [0.717, 1.165) is 29.6 Å². The SMILES string of the molecule is COCC(C)(N)c1noc(C2C3CC4CC(C3)CC2C4)n1. The van der Waals surface area contributed by atoms with Gasteiger partial charge >= 0.3 is 0 Å². The average Bonchev–Trinajstić information content (AvgIpc) is 2.87. The van der Waals surface area contributed by atoms with Gasteiger partial charge in [0.2, 0.25) is 5.89 Å². The van der Waals surface area contributed by atoms with Crippen LogP contribution in [0.2, 0.25) is 0 Å². The minimum absolute atomic E-state index is 0.396. The van der Waals surface area contributed by atoms with Gasteiger partial charge in [0.05, 0.1) is 6.61 Å². The quantitative estimate of drug-likeness (QED) is 0.922. The Kier molecular flexibility index (Phi) is 3.12. The molecule has 0 spiro atoms. The molecule has 4 aliphatic rings. The van der Waals surface area contributed by atoms with E-state index in [4.69, 9.17) is 15.0 Å². The molecule has 4 saturated carbocycles. The lowest BCUT2D eigenvalue weighted by Crippen LogP contribution is -2.44. The van der Waals surface area contributed by atoms with Gasteiger partial charge in [0, 0.05) is 13.0 Å². The van der Waals surface area contributed by atoms with Crippen molar-refractivity contribution in [3.8, 4) is 0 Å². The lowest BCUT2D eigenvalue weighted by atomic mass is 9.52. The summed E-state index contributed by atoms with van der Waals surface area (Å²) in [7, 11) is 1.64. The van der Waals surface area contributed by atoms with Gasteiger partial charge in [0.25, 0.3) is 0 Å². The fourth-order valence-electron chi connectivity index (χ4n) is 5.30. The minimum Gasteiger partial charge on any atom is -0.382 e. The molecule has 4 aliphatic carbocycles. The molecule has 2 N–H and O–H groups in total. The predicted molar refractivity (Wildman–Crippen MR) is 77.5 cm³/mol. The van der Waals surface area contributed by atoms with Crippen molar-refractivity contribution in [2.45, 2.75) is 50.5 Å². The molecule has 1 atom stereocenters. The first kappa shape index (κ1) is 13.7. The second kappa shape index (κ2) is 4.78. The Bertz CT molecular complexity index is 497. The molecule has 0 amide bonds. The molecule has 1 aromatic rings. The van der Waals surface area contributed by atoms with Crippen LogP contribution in [0.5, 0.6) is 0 Å². The monoisotopic (exact) mass is 291 g/mol. The number of methoxy groups -OCH3 is 1. The van der Waals surface area contributed by atoms with Gasteiger partial charge in [-0.2, -0.15) is 4.98 Å². The van der Waals surface area contributed by atoms with Gasteiger partial charge in [-0.3, -0.25) is 0 Å². The Morgan fingerprint density at radius 3 is 2.38 bits per heavy atom. The van der Waals surface area contributed by atoms with Gasteiger partial charge in [0.1, 0.15) is 5.54 Å². The van der Waals surface area contributed by atoms with Crippen LogP contribution in [0.1, 0.15) is 56.7 Å². The summed E-state index contributed by atoms with van der Waals surface area (Å²) in [5, 5.41) is 4.15. The van der Waals surface area contributed by atoms with Crippen molar-refractivity contribution < 1.29 is 9.26 Å². The van der Waals surface area contributed by atoms with E-state index >= 15 is 0 Å². The molecule has 1 aromatic heterocycles. The second-order valence-electron chi connectivity index (χ2n) is 7.76. The maximum Gasteiger partial charge on any atom is 0.230 e. The molecule has 5 rings (SSSR count). The second-order valence-corrected chi connectivity index (χ2v) is 7.76. The first-order valence-corrected chi connectivity index (χ1v) is 8.18. The third-order valence-electron chi connectivity index (χ3n) is 5.91. The molecule has 1 heterocycles. The van der Waals surface area contributed by atoms with E-state index in [1.165, 1.54) is 32.1 Å². The molecule has 0 saturated heterocycles. The molecule has 0 aliphatic heterocycles. The van der Waals surface area contributed by atoms with Crippen LogP contribution in [0.25, 0.3) is 0 Å². The number of rotatable bonds is 4. The summed E-state index contributed by atoms with van der Waals surface area (Å²) < 4.78 is 10.8. The molecule has 5 nitrogen and oxygen atoms in total. The van der Waals surface area contributed by atoms with Crippen molar-refractivity contribution >= 4 is 0 Å². The van der Waals surface area contributed by atoms with Crippen LogP contribution in [0.15, 0.2) is 4.52 Å². The summed E-state index contributed by atoms with van der Waals surface area (Å²) in [4.78, 5) is 4.66. The van der Waals surface area contributed by atoms with Gasteiger partial charge in [-0.15, -0.1) is 0 Å². The zero-order valence-corrected chi connectivity index (χ0v) is 12.9. The van der Waals surface area contributed by atoms with Crippen LogP contribution in [0.4, 0.5) is 0 Å². The molecule has 21 heavy (non-hydrogen) atoms. The highest BCUT2D eigenvalue weighted by molar-refractivity contribution is 5.11. The molecular formula is C16H25N3O2. The average molecular weight is 291 g/mol. The number of hydrogen-bond donors (Lipinski definition) is 1. The van der Waals surface area contributed by atoms with Crippen LogP contribution in [0.3, 0.4) is 0 Å². The third kappa shape index (κ3) is 2.21. The lowest BCUT2D eigenvalue weighted by molar-refractivity contribution is -0.0131. The van der Waals surface area contributed by atoms with E-state index in [-0.39, 0.29) is 0 Å². The van der Waals surface area contributed by atoms with Crippen LogP contribution >= 0.6 is 0 Å². The summed E-state index contributed by atoms with van der Waals surface area (Å²) >= 11 is 0. The van der Waals surface area contributed by atoms with Gasteiger partial charge in [0.15, 0.2) is 5.82 Å². The zero-order valence-electron chi connectivity index (χ0n) is 12.9. The Morgan fingerprint density at radius 1 is 1.19 bits per heavy atom. The third-order valence-corrected chi connectivity index (χ3v) is 5.91. The van der Waals surface area contributed by atoms with Crippen LogP contribution in [-0.4, -0.2) is 23.9 Å². The van der Waals surface area contributed by atoms with E-state index in [0.29, 0.717) is 18.3 Å². The van der Waals surface area contributed by atoms with Gasteiger partial charge in [-0.25, -0.2) is 0 Å². The van der Waals surface area contributed by atoms with Crippen LogP contribution < -0.4 is 5.73 Å². The van der Waals surface area contributed by atoms with Gasteiger partial charge in [-0.1, -0.05) is 5.16 Å². The number of hydrogen-bond acceptors (Lipinski definition) is 5. The van der Waals surface area contributed by atoms with E-state index in [2.05, 4.69) is 10.1 Å². The van der Waals surface area contributed by atoms with Gasteiger partial charge < -0.3 is 15.0 Å². The maximum atomic E-state index is 6.23. The Morgan fingerprint density at radius 2 is 1.81 bits per heavy atom. The molecule has 116 valence electrons. The van der Waals surface area contributed by atoms with Crippen LogP contribution in [0, 0.1) is 23.7 Å². The first-order chi connectivity index (χ1) is 10.1. The van der Waals surface area contributed by atoms with Crippen molar-refractivity contribution in [2.24, 2.45) is 29.4 Å². The lowest BCUT2D eigenvalue weighted by Gasteiger charge is -2.53. The summed E-state index contributed by atoms with van der Waals surface area (Å²) in [6.07, 6.45) is 6.88. The first-order valence-electron chi connectivity index (χ1n) is 8.18. The highest BCUT2D eigenvalue weighted by Gasteiger charge is 2.50. The van der Waals surface area contributed by atoms with Crippen molar-refractivity contribution in [3.63, 3.8) is 0 Å². The minimum atomic E-state index is -0.678. The normalized spacial score (nSPS) is 40.4. The topological polar surface area (TPSA) is 74.2 Å². The number of aromatic nitrogens is 2. The Balaban J connectivity index is 1.59. The largest absolute Gasteiger partial charge is 0.382 e. The van der Waals surface area contributed by atoms with Crippen molar-refractivity contribution in [1.29, 1.82) is 0 Å². The van der Waals surface area contributed by atoms with E-state index < -0.39 is 5.54 Å². The molecule has 5 heteroatoms. The molecule has 4 bridgehead atoms. The molecule has 0 aromatic carbocycles. The Hall–Kier alpha value is -0.940. The number of nitrogens with zero attached hydrogens (tertiary/aromatic N) is 2. The molecule has 1 unspecified atom stereocenters. The Labute approximate surface area is 125 Å². The predicted octanol–water partition coefficient (Wildman–Crippen LogP) is 2.43. The van der Waals surface area contributed by atoms with Gasteiger partial charge in [-0.05, 0) is 62.7 Å². The summed E-state index contributed by atoms with van der Waals surface area (Å²) in [5.41, 5.74) is 5.55. The smallest absolute Gasteiger partial charge is 0.230 e. The fraction of sp³-hybridized carbons (Fsp3) is 0.875. The highest BCUT2D eigenvalue weighted by atomic mass is 16.5. The molecule has 0 radical (unpaired) electrons. The van der Waals surface area contributed by atoms with Crippen LogP contribution in [-0.2, 0) is 10.3 Å². The summed E-state index contributed by atoms with van der Waals surface area (Å²) in [6, 6.07) is 0. The molecule has 4 fully saturated rings. The number of ether oxygens (including phenoxy) is 1. The molecular weight excluding hydrogens is 266 g/mol. The van der Waals surface area contributed by atoms with Crippen molar-refractivity contribution in [3.05, 3.63) is 11.7 Å². The van der Waals surface area contributed by atoms with E-state index in [1.807, 2.05) is 6.92 Å². The zero-order chi connectivity index (χ0) is 14.6. The van der Waals surface area contributed by atoms with Crippen molar-refractivity contribution in [2.75, 3.05) is 13.7 Å². The highest BCUT2D eigenvalue weighted by Crippen LogP contribution is 2.59. The maximum absolute atomic E-state index is 6.23. The van der Waals surface area contributed by atoms with E-state index in [9.17, 15) is 0 Å². The summed E-state index contributed by atoms with van der Waals surface area (Å²) in [5.74, 6) is 5.29. The number of nitrogens with two attached hydrogens (primary N) is 1. The van der Waals surface area contributed by atoms with E-state index in [1.54, 1.807) is 7.11 Å². The standard InChI is InChI=1S/C16H25N3O2/c1-16(17,8-20-2)15-18-14(21-19-15)13-11-4-9-3-10(6-11)7-12(13)5-9/h9-13H,3-8,17H2,1-2H3.